The van der Waals surface area contributed by atoms with E-state index >= 15 is 0 Å². The fourth-order valence-corrected chi connectivity index (χ4v) is 3.23. The van der Waals surface area contributed by atoms with Crippen molar-refractivity contribution in [2.45, 2.75) is 30.5 Å². The average molecular weight is 287 g/mol. The van der Waals surface area contributed by atoms with E-state index < -0.39 is 0 Å². The van der Waals surface area contributed by atoms with Crippen molar-refractivity contribution in [1.82, 2.24) is 4.57 Å². The smallest absolute Gasteiger partial charge is 0.306 e. The van der Waals surface area contributed by atoms with Gasteiger partial charge in [-0.15, -0.1) is 11.8 Å². The van der Waals surface area contributed by atoms with E-state index in [1.165, 1.54) is 5.03 Å². The Morgan fingerprint density at radius 2 is 2.00 bits per heavy atom. The number of ether oxygens (including phenoxy) is 1. The van der Waals surface area contributed by atoms with Crippen LogP contribution in [0.15, 0.2) is 47.5 Å². The molecule has 0 aliphatic carbocycles. The first-order valence-corrected chi connectivity index (χ1v) is 8.00. The normalized spacial score (nSPS) is 18.9. The molecular formula is C16H17NO2S. The van der Waals surface area contributed by atoms with Gasteiger partial charge < -0.3 is 9.30 Å². The number of benzene rings is 1. The predicted octanol–water partition coefficient (Wildman–Crippen LogP) is 3.64. The first kappa shape index (κ1) is 13.3. The molecule has 4 heteroatoms. The van der Waals surface area contributed by atoms with E-state index in [9.17, 15) is 4.79 Å². The number of carbonyl (C=O) groups excluding carboxylic acids is 1. The summed E-state index contributed by atoms with van der Waals surface area (Å²) >= 11 is 1.73. The van der Waals surface area contributed by atoms with E-state index in [1.807, 2.05) is 30.3 Å². The van der Waals surface area contributed by atoms with Crippen molar-refractivity contribution in [3.63, 3.8) is 0 Å². The van der Waals surface area contributed by atoms with Crippen molar-refractivity contribution < 1.29 is 9.53 Å². The highest BCUT2D eigenvalue weighted by molar-refractivity contribution is 7.98. The molecule has 0 fully saturated rings. The largest absolute Gasteiger partial charge is 0.451 e. The highest BCUT2D eigenvalue weighted by Crippen LogP contribution is 2.32. The number of carbonyl (C=O) groups is 1. The van der Waals surface area contributed by atoms with Crippen molar-refractivity contribution in [2.24, 2.45) is 0 Å². The minimum Gasteiger partial charge on any atom is -0.451 e. The molecule has 1 unspecified atom stereocenters. The fourth-order valence-electron chi connectivity index (χ4n) is 2.61. The second-order valence-electron chi connectivity index (χ2n) is 4.84. The lowest BCUT2D eigenvalue weighted by Crippen LogP contribution is -2.20. The number of aromatic nitrogens is 1. The zero-order chi connectivity index (χ0) is 13.9. The molecule has 0 amide bonds. The zero-order valence-electron chi connectivity index (χ0n) is 11.4. The van der Waals surface area contributed by atoms with Gasteiger partial charge in [-0.2, -0.15) is 0 Å². The predicted molar refractivity (Wildman–Crippen MR) is 79.8 cm³/mol. The van der Waals surface area contributed by atoms with E-state index in [1.54, 1.807) is 11.8 Å². The van der Waals surface area contributed by atoms with Crippen LogP contribution in [0, 0.1) is 0 Å². The molecule has 1 atom stereocenters. The third kappa shape index (κ3) is 2.48. The maximum atomic E-state index is 11.9. The van der Waals surface area contributed by atoms with E-state index in [-0.39, 0.29) is 12.1 Å². The van der Waals surface area contributed by atoms with Crippen LogP contribution in [0.25, 0.3) is 0 Å². The van der Waals surface area contributed by atoms with E-state index in [0.717, 1.165) is 24.2 Å². The lowest BCUT2D eigenvalue weighted by atomic mass is 10.1. The summed E-state index contributed by atoms with van der Waals surface area (Å²) in [7, 11) is 0. The molecule has 3 nitrogen and oxygen atoms in total. The summed E-state index contributed by atoms with van der Waals surface area (Å²) in [6.07, 6.45) is 3.08. The van der Waals surface area contributed by atoms with Gasteiger partial charge in [0.1, 0.15) is 0 Å². The van der Waals surface area contributed by atoms with Crippen molar-refractivity contribution in [3.05, 3.63) is 53.7 Å². The van der Waals surface area contributed by atoms with Crippen LogP contribution in [0.1, 0.15) is 30.2 Å². The molecule has 20 heavy (non-hydrogen) atoms. The van der Waals surface area contributed by atoms with Crippen LogP contribution in [0.3, 0.4) is 0 Å². The monoisotopic (exact) mass is 287 g/mol. The lowest BCUT2D eigenvalue weighted by Gasteiger charge is -2.24. The number of hydrogen-bond donors (Lipinski definition) is 0. The summed E-state index contributed by atoms with van der Waals surface area (Å²) in [5, 5.41) is 1.22. The van der Waals surface area contributed by atoms with Crippen LogP contribution < -0.4 is 0 Å². The molecule has 0 spiro atoms. The van der Waals surface area contributed by atoms with Gasteiger partial charge in [-0.25, -0.2) is 0 Å². The Morgan fingerprint density at radius 1 is 1.20 bits per heavy atom. The highest BCUT2D eigenvalue weighted by atomic mass is 32.2. The Balaban J connectivity index is 2.07. The van der Waals surface area contributed by atoms with Crippen molar-refractivity contribution in [3.8, 4) is 0 Å². The van der Waals surface area contributed by atoms with Gasteiger partial charge in [0, 0.05) is 13.0 Å². The fraction of sp³-hybridized carbons (Fsp3) is 0.312. The Labute approximate surface area is 122 Å². The molecule has 1 aromatic carbocycles. The molecule has 2 heterocycles. The Kier molecular flexibility index (Phi) is 3.83. The summed E-state index contributed by atoms with van der Waals surface area (Å²) in [4.78, 5) is 11.9. The number of fused-ring (bicyclic) bond motifs is 1. The highest BCUT2D eigenvalue weighted by Gasteiger charge is 2.25. The third-order valence-electron chi connectivity index (χ3n) is 3.57. The van der Waals surface area contributed by atoms with Crippen LogP contribution >= 0.6 is 11.8 Å². The minimum absolute atomic E-state index is 0.114. The second kappa shape index (κ2) is 5.75. The maximum Gasteiger partial charge on any atom is 0.306 e. The van der Waals surface area contributed by atoms with Gasteiger partial charge in [0.05, 0.1) is 10.7 Å². The van der Waals surface area contributed by atoms with E-state index in [4.69, 9.17) is 4.74 Å². The van der Waals surface area contributed by atoms with Crippen molar-refractivity contribution in [1.29, 1.82) is 0 Å². The van der Waals surface area contributed by atoms with Crippen LogP contribution in [0.4, 0.5) is 0 Å². The molecule has 0 N–H and O–H groups in total. The Morgan fingerprint density at radius 3 is 2.75 bits per heavy atom. The summed E-state index contributed by atoms with van der Waals surface area (Å²) < 4.78 is 7.97. The van der Waals surface area contributed by atoms with Gasteiger partial charge in [-0.3, -0.25) is 4.79 Å². The topological polar surface area (TPSA) is 31.2 Å². The standard InChI is InChI=1S/C16H17NO2S/c1-20-14-10-9-13-16(12-6-3-2-4-7-12)19-15(18)8-5-11-17(13)14/h2-4,6-7,9-10,16H,5,8,11H2,1H3. The average Bonchev–Trinajstić information content (AvgIpc) is 2.86. The quantitative estimate of drug-likeness (QED) is 0.624. The third-order valence-corrected chi connectivity index (χ3v) is 4.34. The molecule has 0 radical (unpaired) electrons. The Bertz CT molecular complexity index is 606. The van der Waals surface area contributed by atoms with Crippen LogP contribution in [-0.2, 0) is 16.1 Å². The molecule has 1 aromatic heterocycles. The molecule has 0 bridgehead atoms. The molecule has 1 aliphatic heterocycles. The number of nitrogens with zero attached hydrogens (tertiary/aromatic N) is 1. The number of thioether (sulfide) groups is 1. The van der Waals surface area contributed by atoms with Gasteiger partial charge in [0.15, 0.2) is 6.10 Å². The van der Waals surface area contributed by atoms with Gasteiger partial charge in [0.2, 0.25) is 0 Å². The summed E-state index contributed by atoms with van der Waals surface area (Å²) in [5.41, 5.74) is 2.09. The van der Waals surface area contributed by atoms with E-state index in [0.29, 0.717) is 6.42 Å². The molecule has 104 valence electrons. The molecule has 1 aliphatic rings. The number of cyclic esters (lactones) is 1. The van der Waals surface area contributed by atoms with Gasteiger partial charge >= 0.3 is 5.97 Å². The SMILES string of the molecule is CSc1ccc2n1CCCC(=O)OC2c1ccccc1. The van der Waals surface area contributed by atoms with E-state index in [2.05, 4.69) is 23.0 Å². The first-order valence-electron chi connectivity index (χ1n) is 6.77. The van der Waals surface area contributed by atoms with Crippen LogP contribution in [0.2, 0.25) is 0 Å². The van der Waals surface area contributed by atoms with Crippen molar-refractivity contribution in [2.75, 3.05) is 6.26 Å². The number of esters is 1. The lowest BCUT2D eigenvalue weighted by molar-refractivity contribution is -0.148. The van der Waals surface area contributed by atoms with Crippen LogP contribution in [-0.4, -0.2) is 16.8 Å². The minimum atomic E-state index is -0.301. The molecule has 0 saturated carbocycles. The first-order chi connectivity index (χ1) is 9.79. The van der Waals surface area contributed by atoms with Gasteiger partial charge in [0.25, 0.3) is 0 Å². The Hall–Kier alpha value is -1.68. The maximum absolute atomic E-state index is 11.9. The summed E-state index contributed by atoms with van der Waals surface area (Å²) in [5.74, 6) is -0.114. The molecular weight excluding hydrogens is 270 g/mol. The summed E-state index contributed by atoms with van der Waals surface area (Å²) in [6, 6.07) is 14.1. The molecule has 3 rings (SSSR count). The van der Waals surface area contributed by atoms with Crippen LogP contribution in [0.5, 0.6) is 0 Å². The number of hydrogen-bond acceptors (Lipinski definition) is 3. The van der Waals surface area contributed by atoms with Gasteiger partial charge in [-0.1, -0.05) is 30.3 Å². The second-order valence-corrected chi connectivity index (χ2v) is 5.66. The molecule has 0 saturated heterocycles. The van der Waals surface area contributed by atoms with Crippen molar-refractivity contribution >= 4 is 17.7 Å². The zero-order valence-corrected chi connectivity index (χ0v) is 12.2. The molecule has 2 aromatic rings. The van der Waals surface area contributed by atoms with Gasteiger partial charge in [-0.05, 0) is 30.4 Å². The summed E-state index contributed by atoms with van der Waals surface area (Å²) in [6.45, 7) is 0.872. The number of rotatable bonds is 2.